The Hall–Kier alpha value is -3.01. The number of pyridine rings is 1. The van der Waals surface area contributed by atoms with E-state index in [9.17, 15) is 9.90 Å². The fourth-order valence-corrected chi connectivity index (χ4v) is 7.03. The third kappa shape index (κ3) is 12.3. The summed E-state index contributed by atoms with van der Waals surface area (Å²) in [4.78, 5) is 17.7. The summed E-state index contributed by atoms with van der Waals surface area (Å²) >= 11 is 2.04. The van der Waals surface area contributed by atoms with E-state index in [0.29, 0.717) is 23.8 Å². The highest BCUT2D eigenvalue weighted by Gasteiger charge is 2.40. The van der Waals surface area contributed by atoms with Crippen molar-refractivity contribution in [3.05, 3.63) is 72.3 Å². The number of hydrogen-bond donors (Lipinski definition) is 5. The lowest BCUT2D eigenvalue weighted by Gasteiger charge is -2.17. The zero-order valence-corrected chi connectivity index (χ0v) is 26.3. The summed E-state index contributed by atoms with van der Waals surface area (Å²) in [6.07, 6.45) is 18.6. The zero-order valence-electron chi connectivity index (χ0n) is 25.4. The summed E-state index contributed by atoms with van der Waals surface area (Å²) in [7, 11) is 0. The van der Waals surface area contributed by atoms with Gasteiger partial charge in [-0.3, -0.25) is 4.79 Å². The maximum Gasteiger partial charge on any atom is 0.219 e. The lowest BCUT2D eigenvalue weighted by atomic mass is 10.0. The molecule has 1 aromatic heterocycles. The SMILES string of the molecule is C=C1NC2CSC(CCCCC(=O)NCCCCCNOCCCCC[n+]3ccc(/C=C/c4ccc(O)cc4)cc3)C2N1. The number of phenols is 1. The third-order valence-electron chi connectivity index (χ3n) is 7.99. The quantitative estimate of drug-likeness (QED) is 0.0829. The molecule has 3 unspecified atom stereocenters. The largest absolute Gasteiger partial charge is 0.508 e. The minimum atomic E-state index is 0.182. The van der Waals surface area contributed by atoms with Gasteiger partial charge in [-0.1, -0.05) is 43.7 Å². The number of hydrogen-bond acceptors (Lipinski definition) is 7. The number of aromatic hydroxyl groups is 1. The molecular weight excluding hydrogens is 558 g/mol. The maximum absolute atomic E-state index is 12.1. The van der Waals surface area contributed by atoms with Crippen LogP contribution in [0.25, 0.3) is 12.2 Å². The van der Waals surface area contributed by atoms with Crippen molar-refractivity contribution in [2.45, 2.75) is 88.1 Å². The summed E-state index contributed by atoms with van der Waals surface area (Å²) in [6.45, 7) is 7.31. The van der Waals surface area contributed by atoms with Crippen LogP contribution in [0.2, 0.25) is 0 Å². The van der Waals surface area contributed by atoms with Gasteiger partial charge in [0.2, 0.25) is 5.91 Å². The Labute approximate surface area is 261 Å². The first kappa shape index (κ1) is 32.9. The third-order valence-corrected chi connectivity index (χ3v) is 9.50. The molecular formula is C34H50N5O3S+. The lowest BCUT2D eigenvalue weighted by Crippen LogP contribution is -2.36. The predicted molar refractivity (Wildman–Crippen MR) is 176 cm³/mol. The van der Waals surface area contributed by atoms with Crippen LogP contribution < -0.4 is 26.0 Å². The van der Waals surface area contributed by atoms with Gasteiger partial charge < -0.3 is 25.9 Å². The van der Waals surface area contributed by atoms with Crippen molar-refractivity contribution < 1.29 is 19.3 Å². The van der Waals surface area contributed by atoms with Crippen LogP contribution in [0.4, 0.5) is 0 Å². The van der Waals surface area contributed by atoms with Crippen molar-refractivity contribution >= 4 is 29.8 Å². The second-order valence-electron chi connectivity index (χ2n) is 11.5. The average molecular weight is 609 g/mol. The molecule has 234 valence electrons. The van der Waals surface area contributed by atoms with Gasteiger partial charge in [-0.15, -0.1) is 0 Å². The number of fused-ring (bicyclic) bond motifs is 1. The maximum atomic E-state index is 12.1. The highest BCUT2D eigenvalue weighted by Crippen LogP contribution is 2.34. The van der Waals surface area contributed by atoms with Gasteiger partial charge in [0.25, 0.3) is 0 Å². The number of amides is 1. The first-order chi connectivity index (χ1) is 21.1. The number of nitrogens with one attached hydrogen (secondary N) is 4. The molecule has 2 aliphatic heterocycles. The van der Waals surface area contributed by atoms with E-state index >= 15 is 0 Å². The van der Waals surface area contributed by atoms with Crippen LogP contribution in [0, 0.1) is 0 Å². The molecule has 1 amide bonds. The van der Waals surface area contributed by atoms with Crippen LogP contribution in [0.3, 0.4) is 0 Å². The molecule has 1 aromatic carbocycles. The van der Waals surface area contributed by atoms with Crippen LogP contribution >= 0.6 is 11.8 Å². The molecule has 2 saturated heterocycles. The molecule has 2 aliphatic rings. The van der Waals surface area contributed by atoms with Gasteiger partial charge in [0.1, 0.15) is 12.3 Å². The number of unbranched alkanes of at least 4 members (excludes halogenated alkanes) is 5. The van der Waals surface area contributed by atoms with E-state index in [-0.39, 0.29) is 11.7 Å². The van der Waals surface area contributed by atoms with Crippen LogP contribution in [0.5, 0.6) is 5.75 Å². The number of benzene rings is 1. The number of phenolic OH excluding ortho intramolecular Hbond substituents is 1. The Morgan fingerprint density at radius 2 is 1.70 bits per heavy atom. The van der Waals surface area contributed by atoms with E-state index in [4.69, 9.17) is 4.84 Å². The molecule has 2 aromatic rings. The van der Waals surface area contributed by atoms with Gasteiger partial charge in [0, 0.05) is 49.1 Å². The Balaban J connectivity index is 0.892. The number of rotatable bonds is 20. The van der Waals surface area contributed by atoms with Gasteiger partial charge in [-0.2, -0.15) is 11.8 Å². The standard InChI is InChI=1S/C34H49N5O3S/c1-27-37-31-26-43-32(34(31)38-27)10-4-5-11-33(41)35-20-6-2-7-21-36-42-25-9-3-8-22-39-23-18-29(19-24-39)13-12-28-14-16-30(40)17-15-28/h12-19,23-24,31-32,34,36-38H,1-11,20-22,25-26H2,(H,35,41)/p+1. The summed E-state index contributed by atoms with van der Waals surface area (Å²) < 4.78 is 2.22. The molecule has 9 heteroatoms. The summed E-state index contributed by atoms with van der Waals surface area (Å²) in [5.41, 5.74) is 5.29. The number of nitrogens with zero attached hydrogens (tertiary/aromatic N) is 1. The van der Waals surface area contributed by atoms with E-state index in [0.717, 1.165) is 107 Å². The van der Waals surface area contributed by atoms with Gasteiger partial charge in [0.15, 0.2) is 12.4 Å². The molecule has 43 heavy (non-hydrogen) atoms. The van der Waals surface area contributed by atoms with Crippen LogP contribution in [-0.2, 0) is 16.2 Å². The second-order valence-corrected chi connectivity index (χ2v) is 12.8. The Kier molecular flexibility index (Phi) is 14.2. The number of aromatic nitrogens is 1. The molecule has 0 aliphatic carbocycles. The first-order valence-electron chi connectivity index (χ1n) is 16.0. The topological polar surface area (TPSA) is 98.5 Å². The molecule has 0 bridgehead atoms. The van der Waals surface area contributed by atoms with E-state index in [1.54, 1.807) is 12.1 Å². The molecule has 8 nitrogen and oxygen atoms in total. The minimum Gasteiger partial charge on any atom is -0.508 e. The molecule has 0 saturated carbocycles. The molecule has 2 fully saturated rings. The Bertz CT molecular complexity index is 1140. The average Bonchev–Trinajstić information content (AvgIpc) is 3.57. The van der Waals surface area contributed by atoms with Crippen molar-refractivity contribution in [3.8, 4) is 5.75 Å². The van der Waals surface area contributed by atoms with Crippen molar-refractivity contribution in [1.82, 2.24) is 21.4 Å². The van der Waals surface area contributed by atoms with Crippen molar-refractivity contribution in [2.24, 2.45) is 0 Å². The monoisotopic (exact) mass is 608 g/mol. The van der Waals surface area contributed by atoms with Gasteiger partial charge in [0.05, 0.1) is 24.5 Å². The highest BCUT2D eigenvalue weighted by molar-refractivity contribution is 8.00. The fourth-order valence-electron chi connectivity index (χ4n) is 5.49. The van der Waals surface area contributed by atoms with Crippen molar-refractivity contribution in [1.29, 1.82) is 0 Å². The van der Waals surface area contributed by atoms with E-state index in [2.05, 4.69) is 63.2 Å². The number of thioether (sulfide) groups is 1. The zero-order chi connectivity index (χ0) is 30.1. The van der Waals surface area contributed by atoms with Crippen molar-refractivity contribution in [3.63, 3.8) is 0 Å². The number of hydroxylamine groups is 1. The van der Waals surface area contributed by atoms with Crippen molar-refractivity contribution in [2.75, 3.05) is 25.4 Å². The Morgan fingerprint density at radius 3 is 2.51 bits per heavy atom. The summed E-state index contributed by atoms with van der Waals surface area (Å²) in [5.74, 6) is 2.57. The second kappa shape index (κ2) is 18.6. The van der Waals surface area contributed by atoms with E-state index < -0.39 is 0 Å². The molecule has 0 spiro atoms. The number of aryl methyl sites for hydroxylation is 1. The molecule has 4 rings (SSSR count). The molecule has 3 heterocycles. The normalized spacial score (nSPS) is 19.3. The summed E-state index contributed by atoms with van der Waals surface area (Å²) in [6, 6.07) is 12.4. The number of carbonyl (C=O) groups is 1. The van der Waals surface area contributed by atoms with E-state index in [1.807, 2.05) is 30.0 Å². The number of carbonyl (C=O) groups excluding carboxylic acids is 1. The lowest BCUT2D eigenvalue weighted by molar-refractivity contribution is -0.697. The minimum absolute atomic E-state index is 0.182. The van der Waals surface area contributed by atoms with E-state index in [1.165, 1.54) is 0 Å². The van der Waals surface area contributed by atoms with Gasteiger partial charge >= 0.3 is 0 Å². The van der Waals surface area contributed by atoms with Crippen LogP contribution in [-0.4, -0.2) is 53.8 Å². The fraction of sp³-hybridized carbons (Fsp3) is 0.529. The van der Waals surface area contributed by atoms with Gasteiger partial charge in [-0.05, 0) is 61.8 Å². The predicted octanol–water partition coefficient (Wildman–Crippen LogP) is 4.91. The smallest absolute Gasteiger partial charge is 0.219 e. The van der Waals surface area contributed by atoms with Crippen LogP contribution in [0.1, 0.15) is 75.3 Å². The molecule has 0 radical (unpaired) electrons. The highest BCUT2D eigenvalue weighted by atomic mass is 32.2. The molecule has 5 N–H and O–H groups in total. The Morgan fingerprint density at radius 1 is 0.953 bits per heavy atom. The molecule has 3 atom stereocenters. The summed E-state index contributed by atoms with van der Waals surface area (Å²) in [5, 5.41) is 20.0. The van der Waals surface area contributed by atoms with Gasteiger partial charge in [-0.25, -0.2) is 10.0 Å². The van der Waals surface area contributed by atoms with Crippen LogP contribution in [0.15, 0.2) is 61.2 Å². The first-order valence-corrected chi connectivity index (χ1v) is 17.0.